The van der Waals surface area contributed by atoms with Crippen molar-refractivity contribution in [3.63, 3.8) is 0 Å². The first-order chi connectivity index (χ1) is 9.05. The standard InChI is InChI=1S/C13H20N2O4/c1-3-8-15(9-11(16)17)12(18)13(10-19-2)4-6-14-7-5-13/h1,14H,4-10H2,2H3,(H,16,17). The number of hydrogen-bond donors (Lipinski definition) is 2. The maximum atomic E-state index is 12.6. The van der Waals surface area contributed by atoms with E-state index in [9.17, 15) is 9.59 Å². The zero-order valence-corrected chi connectivity index (χ0v) is 11.1. The van der Waals surface area contributed by atoms with Crippen LogP contribution >= 0.6 is 0 Å². The first kappa shape index (κ1) is 15.5. The molecule has 6 heteroatoms. The number of ether oxygens (including phenoxy) is 1. The quantitative estimate of drug-likeness (QED) is 0.638. The third-order valence-corrected chi connectivity index (χ3v) is 3.33. The molecular formula is C13H20N2O4. The van der Waals surface area contributed by atoms with E-state index in [1.807, 2.05) is 0 Å². The SMILES string of the molecule is C#CCN(CC(=O)O)C(=O)C1(COC)CCNCC1. The molecule has 0 aromatic heterocycles. The first-order valence-corrected chi connectivity index (χ1v) is 6.20. The van der Waals surface area contributed by atoms with E-state index in [2.05, 4.69) is 11.2 Å². The van der Waals surface area contributed by atoms with Crippen LogP contribution in [-0.2, 0) is 14.3 Å². The minimum absolute atomic E-state index is 0.00399. The molecule has 0 spiro atoms. The van der Waals surface area contributed by atoms with Crippen molar-refractivity contribution >= 4 is 11.9 Å². The molecule has 1 rings (SSSR count). The summed E-state index contributed by atoms with van der Waals surface area (Å²) < 4.78 is 5.16. The van der Waals surface area contributed by atoms with Crippen molar-refractivity contribution in [3.8, 4) is 12.3 Å². The van der Waals surface area contributed by atoms with Gasteiger partial charge < -0.3 is 20.1 Å². The second kappa shape index (κ2) is 7.12. The highest BCUT2D eigenvalue weighted by Gasteiger charge is 2.42. The van der Waals surface area contributed by atoms with Crippen molar-refractivity contribution in [1.82, 2.24) is 10.2 Å². The summed E-state index contributed by atoms with van der Waals surface area (Å²) >= 11 is 0. The molecule has 19 heavy (non-hydrogen) atoms. The Labute approximate surface area is 113 Å². The number of carboxylic acid groups (broad SMARTS) is 1. The second-order valence-electron chi connectivity index (χ2n) is 4.72. The summed E-state index contributed by atoms with van der Waals surface area (Å²) in [4.78, 5) is 24.6. The van der Waals surface area contributed by atoms with E-state index >= 15 is 0 Å². The molecule has 0 radical (unpaired) electrons. The van der Waals surface area contributed by atoms with Gasteiger partial charge in [0, 0.05) is 7.11 Å². The average molecular weight is 268 g/mol. The first-order valence-electron chi connectivity index (χ1n) is 6.20. The molecule has 1 aliphatic rings. The lowest BCUT2D eigenvalue weighted by molar-refractivity contribution is -0.152. The fourth-order valence-electron chi connectivity index (χ4n) is 2.41. The molecule has 1 heterocycles. The van der Waals surface area contributed by atoms with Crippen molar-refractivity contribution in [2.24, 2.45) is 5.41 Å². The molecule has 1 amide bonds. The van der Waals surface area contributed by atoms with Crippen LogP contribution in [0.4, 0.5) is 0 Å². The summed E-state index contributed by atoms with van der Waals surface area (Å²) in [6, 6.07) is 0. The fraction of sp³-hybridized carbons (Fsp3) is 0.692. The number of carbonyl (C=O) groups excluding carboxylic acids is 1. The number of carbonyl (C=O) groups is 2. The molecule has 0 aliphatic carbocycles. The topological polar surface area (TPSA) is 78.9 Å². The highest BCUT2D eigenvalue weighted by molar-refractivity contribution is 5.86. The van der Waals surface area contributed by atoms with Gasteiger partial charge >= 0.3 is 5.97 Å². The smallest absolute Gasteiger partial charge is 0.323 e. The van der Waals surface area contributed by atoms with Crippen molar-refractivity contribution in [2.75, 3.05) is 39.9 Å². The molecule has 106 valence electrons. The third-order valence-electron chi connectivity index (χ3n) is 3.33. The van der Waals surface area contributed by atoms with Crippen LogP contribution in [0.2, 0.25) is 0 Å². The molecule has 0 unspecified atom stereocenters. The molecule has 0 saturated carbocycles. The van der Waals surface area contributed by atoms with Crippen molar-refractivity contribution < 1.29 is 19.4 Å². The van der Waals surface area contributed by atoms with E-state index in [-0.39, 0.29) is 25.6 Å². The second-order valence-corrected chi connectivity index (χ2v) is 4.72. The van der Waals surface area contributed by atoms with Crippen LogP contribution in [0.5, 0.6) is 0 Å². The van der Waals surface area contributed by atoms with Crippen LogP contribution in [0.1, 0.15) is 12.8 Å². The minimum atomic E-state index is -1.06. The van der Waals surface area contributed by atoms with E-state index < -0.39 is 11.4 Å². The third kappa shape index (κ3) is 3.94. The van der Waals surface area contributed by atoms with Crippen LogP contribution in [0, 0.1) is 17.8 Å². The molecule has 1 aliphatic heterocycles. The maximum absolute atomic E-state index is 12.6. The van der Waals surface area contributed by atoms with Gasteiger partial charge in [0.05, 0.1) is 18.6 Å². The van der Waals surface area contributed by atoms with Gasteiger partial charge in [-0.1, -0.05) is 5.92 Å². The van der Waals surface area contributed by atoms with E-state index in [0.29, 0.717) is 25.9 Å². The number of aliphatic carboxylic acids is 1. The zero-order valence-electron chi connectivity index (χ0n) is 11.1. The van der Waals surface area contributed by atoms with Crippen LogP contribution < -0.4 is 5.32 Å². The molecular weight excluding hydrogens is 248 g/mol. The lowest BCUT2D eigenvalue weighted by atomic mass is 9.78. The van der Waals surface area contributed by atoms with E-state index in [0.717, 1.165) is 0 Å². The maximum Gasteiger partial charge on any atom is 0.323 e. The van der Waals surface area contributed by atoms with E-state index in [1.165, 1.54) is 4.90 Å². The van der Waals surface area contributed by atoms with Crippen molar-refractivity contribution in [3.05, 3.63) is 0 Å². The Bertz CT molecular complexity index is 364. The monoisotopic (exact) mass is 268 g/mol. The largest absolute Gasteiger partial charge is 0.480 e. The van der Waals surface area contributed by atoms with Crippen LogP contribution in [-0.4, -0.2) is 61.8 Å². The number of nitrogens with zero attached hydrogens (tertiary/aromatic N) is 1. The summed E-state index contributed by atoms with van der Waals surface area (Å²) in [5.74, 6) is 1.05. The summed E-state index contributed by atoms with van der Waals surface area (Å²) in [6.45, 7) is 1.35. The molecule has 2 N–H and O–H groups in total. The van der Waals surface area contributed by atoms with Gasteiger partial charge in [0.1, 0.15) is 6.54 Å². The number of methoxy groups -OCH3 is 1. The van der Waals surface area contributed by atoms with Gasteiger partial charge in [0.15, 0.2) is 0 Å². The minimum Gasteiger partial charge on any atom is -0.480 e. The van der Waals surface area contributed by atoms with Gasteiger partial charge in [-0.2, -0.15) is 0 Å². The Morgan fingerprint density at radius 1 is 1.47 bits per heavy atom. The van der Waals surface area contributed by atoms with E-state index in [4.69, 9.17) is 16.3 Å². The molecule has 0 aromatic rings. The lowest BCUT2D eigenvalue weighted by Gasteiger charge is -2.38. The number of hydrogen-bond acceptors (Lipinski definition) is 4. The van der Waals surface area contributed by atoms with Gasteiger partial charge in [-0.25, -0.2) is 0 Å². The summed E-state index contributed by atoms with van der Waals surface area (Å²) in [7, 11) is 1.54. The van der Waals surface area contributed by atoms with Gasteiger partial charge in [-0.05, 0) is 25.9 Å². The number of terminal acetylenes is 1. The van der Waals surface area contributed by atoms with Crippen LogP contribution in [0.15, 0.2) is 0 Å². The number of piperidine rings is 1. The number of carboxylic acids is 1. The fourth-order valence-corrected chi connectivity index (χ4v) is 2.41. The van der Waals surface area contributed by atoms with Gasteiger partial charge in [-0.3, -0.25) is 9.59 Å². The lowest BCUT2D eigenvalue weighted by Crippen LogP contribution is -2.52. The van der Waals surface area contributed by atoms with Gasteiger partial charge in [0.25, 0.3) is 0 Å². The highest BCUT2D eigenvalue weighted by Crippen LogP contribution is 2.31. The van der Waals surface area contributed by atoms with Crippen LogP contribution in [0.25, 0.3) is 0 Å². The Kier molecular flexibility index (Phi) is 5.80. The Morgan fingerprint density at radius 3 is 2.58 bits per heavy atom. The highest BCUT2D eigenvalue weighted by atomic mass is 16.5. The summed E-state index contributed by atoms with van der Waals surface area (Å²) in [6.07, 6.45) is 6.46. The predicted octanol–water partition coefficient (Wildman–Crippen LogP) is -0.451. The summed E-state index contributed by atoms with van der Waals surface area (Å²) in [5.41, 5.74) is -0.660. The molecule has 1 fully saturated rings. The molecule has 0 atom stereocenters. The van der Waals surface area contributed by atoms with Crippen molar-refractivity contribution in [2.45, 2.75) is 12.8 Å². The van der Waals surface area contributed by atoms with Crippen molar-refractivity contribution in [1.29, 1.82) is 0 Å². The Morgan fingerprint density at radius 2 is 2.11 bits per heavy atom. The zero-order chi connectivity index (χ0) is 14.3. The summed E-state index contributed by atoms with van der Waals surface area (Å²) in [5, 5.41) is 12.0. The number of rotatable bonds is 6. The van der Waals surface area contributed by atoms with Crippen LogP contribution in [0.3, 0.4) is 0 Å². The molecule has 0 aromatic carbocycles. The number of amides is 1. The Hall–Kier alpha value is -1.58. The van der Waals surface area contributed by atoms with E-state index in [1.54, 1.807) is 7.11 Å². The molecule has 1 saturated heterocycles. The number of nitrogens with one attached hydrogen (secondary N) is 1. The Balaban J connectivity index is 2.89. The predicted molar refractivity (Wildman–Crippen MR) is 69.5 cm³/mol. The van der Waals surface area contributed by atoms with Gasteiger partial charge in [0.2, 0.25) is 5.91 Å². The molecule has 6 nitrogen and oxygen atoms in total. The van der Waals surface area contributed by atoms with Gasteiger partial charge in [-0.15, -0.1) is 6.42 Å². The molecule has 0 bridgehead atoms. The average Bonchev–Trinajstić information content (AvgIpc) is 2.38. The normalized spacial score (nSPS) is 17.5.